The predicted octanol–water partition coefficient (Wildman–Crippen LogP) is 3.09. The van der Waals surface area contributed by atoms with Crippen LogP contribution in [-0.4, -0.2) is 37.9 Å². The fourth-order valence-corrected chi connectivity index (χ4v) is 2.57. The van der Waals surface area contributed by atoms with Crippen molar-refractivity contribution in [1.29, 1.82) is 0 Å². The number of anilines is 1. The van der Waals surface area contributed by atoms with Crippen molar-refractivity contribution in [1.82, 2.24) is 24.8 Å². The fraction of sp³-hybridized carbons (Fsp3) is 0.333. The first-order chi connectivity index (χ1) is 12.6. The molecule has 0 aliphatic heterocycles. The highest BCUT2D eigenvalue weighted by atomic mass is 16.5. The molecule has 0 aliphatic carbocycles. The highest BCUT2D eigenvalue weighted by molar-refractivity contribution is 5.92. The Morgan fingerprint density at radius 2 is 2.08 bits per heavy atom. The molecular weight excluding hydrogens is 332 g/mol. The molecule has 1 N–H and O–H groups in total. The van der Waals surface area contributed by atoms with Gasteiger partial charge in [-0.15, -0.1) is 0 Å². The third kappa shape index (κ3) is 3.90. The number of urea groups is 1. The van der Waals surface area contributed by atoms with Crippen LogP contribution in [0.1, 0.15) is 25.1 Å². The summed E-state index contributed by atoms with van der Waals surface area (Å²) in [5.74, 6) is 1.71. The van der Waals surface area contributed by atoms with Crippen molar-refractivity contribution in [3.05, 3.63) is 48.2 Å². The summed E-state index contributed by atoms with van der Waals surface area (Å²) in [5.41, 5.74) is 1.84. The number of nitrogens with zero attached hydrogens (tertiary/aromatic N) is 5. The van der Waals surface area contributed by atoms with Crippen LogP contribution >= 0.6 is 0 Å². The van der Waals surface area contributed by atoms with Crippen LogP contribution in [0.5, 0.6) is 0 Å². The molecule has 26 heavy (non-hydrogen) atoms. The lowest BCUT2D eigenvalue weighted by atomic mass is 10.1. The summed E-state index contributed by atoms with van der Waals surface area (Å²) in [7, 11) is 3.47. The van der Waals surface area contributed by atoms with Crippen molar-refractivity contribution in [3.8, 4) is 11.1 Å². The summed E-state index contributed by atoms with van der Waals surface area (Å²) in [6, 6.07) is 9.52. The number of nitrogens with one attached hydrogen (secondary N) is 1. The van der Waals surface area contributed by atoms with Gasteiger partial charge in [-0.05, 0) is 12.0 Å². The normalized spacial score (nSPS) is 10.7. The number of aryl methyl sites for hydroxylation is 2. The molecule has 0 saturated heterocycles. The molecule has 0 spiro atoms. The molecule has 136 valence electrons. The van der Waals surface area contributed by atoms with Crippen LogP contribution in [0.2, 0.25) is 0 Å². The molecule has 1 aromatic carbocycles. The number of hydrogen-bond acceptors (Lipinski definition) is 5. The van der Waals surface area contributed by atoms with Gasteiger partial charge in [0.1, 0.15) is 12.4 Å². The lowest BCUT2D eigenvalue weighted by Crippen LogP contribution is -2.31. The zero-order chi connectivity index (χ0) is 18.5. The lowest BCUT2D eigenvalue weighted by molar-refractivity contribution is 0.212. The second-order valence-corrected chi connectivity index (χ2v) is 6.04. The summed E-state index contributed by atoms with van der Waals surface area (Å²) in [6.45, 7) is 2.29. The Kier molecular flexibility index (Phi) is 5.31. The number of amides is 2. The third-order valence-electron chi connectivity index (χ3n) is 3.95. The van der Waals surface area contributed by atoms with Gasteiger partial charge in [-0.1, -0.05) is 42.4 Å². The van der Waals surface area contributed by atoms with E-state index in [1.54, 1.807) is 25.0 Å². The molecule has 3 rings (SSSR count). The van der Waals surface area contributed by atoms with Gasteiger partial charge in [-0.2, -0.15) is 10.1 Å². The molecule has 0 radical (unpaired) electrons. The average molecular weight is 354 g/mol. The Bertz CT molecular complexity index is 871. The predicted molar refractivity (Wildman–Crippen MR) is 97.4 cm³/mol. The second kappa shape index (κ2) is 7.81. The molecule has 0 unspecified atom stereocenters. The Labute approximate surface area is 151 Å². The smallest absolute Gasteiger partial charge is 0.323 e. The monoisotopic (exact) mass is 354 g/mol. The largest absolute Gasteiger partial charge is 0.337 e. The van der Waals surface area contributed by atoms with E-state index in [4.69, 9.17) is 4.52 Å². The average Bonchev–Trinajstić information content (AvgIpc) is 3.23. The summed E-state index contributed by atoms with van der Waals surface area (Å²) < 4.78 is 6.83. The zero-order valence-corrected chi connectivity index (χ0v) is 15.1. The highest BCUT2D eigenvalue weighted by Gasteiger charge is 2.18. The first-order valence-corrected chi connectivity index (χ1v) is 8.49. The minimum atomic E-state index is -0.277. The quantitative estimate of drug-likeness (QED) is 0.735. The van der Waals surface area contributed by atoms with Gasteiger partial charge in [-0.3, -0.25) is 10.00 Å². The van der Waals surface area contributed by atoms with Gasteiger partial charge >= 0.3 is 6.03 Å². The van der Waals surface area contributed by atoms with Gasteiger partial charge < -0.3 is 9.42 Å². The first kappa shape index (κ1) is 17.7. The van der Waals surface area contributed by atoms with Gasteiger partial charge in [0.2, 0.25) is 5.89 Å². The van der Waals surface area contributed by atoms with E-state index in [9.17, 15) is 4.79 Å². The summed E-state index contributed by atoms with van der Waals surface area (Å²) >= 11 is 0. The van der Waals surface area contributed by atoms with Crippen LogP contribution in [0.25, 0.3) is 11.1 Å². The number of carbonyl (C=O) groups is 1. The number of rotatable bonds is 6. The third-order valence-corrected chi connectivity index (χ3v) is 3.95. The van der Waals surface area contributed by atoms with Gasteiger partial charge in [0, 0.05) is 26.1 Å². The van der Waals surface area contributed by atoms with Gasteiger partial charge in [0.25, 0.3) is 0 Å². The van der Waals surface area contributed by atoms with E-state index < -0.39 is 0 Å². The van der Waals surface area contributed by atoms with Gasteiger partial charge in [-0.25, -0.2) is 4.79 Å². The van der Waals surface area contributed by atoms with E-state index in [0.717, 1.165) is 24.0 Å². The standard InChI is InChI=1S/C18H22N6O2/c1-4-8-15-20-16(26-22-15)12-23(2)18(25)21-17-14(11-19-24(17)3)13-9-6-5-7-10-13/h5-7,9-11H,4,8,12H2,1-3H3,(H,21,25). The van der Waals surface area contributed by atoms with Crippen molar-refractivity contribution >= 4 is 11.8 Å². The molecule has 2 heterocycles. The maximum absolute atomic E-state index is 12.6. The first-order valence-electron chi connectivity index (χ1n) is 8.49. The highest BCUT2D eigenvalue weighted by Crippen LogP contribution is 2.27. The maximum Gasteiger partial charge on any atom is 0.323 e. The minimum Gasteiger partial charge on any atom is -0.337 e. The Morgan fingerprint density at radius 1 is 1.31 bits per heavy atom. The van der Waals surface area contributed by atoms with E-state index in [1.807, 2.05) is 37.3 Å². The Morgan fingerprint density at radius 3 is 2.81 bits per heavy atom. The van der Waals surface area contributed by atoms with E-state index >= 15 is 0 Å². The molecule has 2 aromatic heterocycles. The van der Waals surface area contributed by atoms with Crippen LogP contribution in [0, 0.1) is 0 Å². The molecule has 8 nitrogen and oxygen atoms in total. The molecule has 2 amide bonds. The van der Waals surface area contributed by atoms with E-state index in [-0.39, 0.29) is 12.6 Å². The van der Waals surface area contributed by atoms with Crippen molar-refractivity contribution in [2.75, 3.05) is 12.4 Å². The lowest BCUT2D eigenvalue weighted by Gasteiger charge is -2.16. The summed E-state index contributed by atoms with van der Waals surface area (Å²) in [5, 5.41) is 11.1. The molecule has 0 saturated carbocycles. The number of benzene rings is 1. The Hall–Kier alpha value is -3.16. The van der Waals surface area contributed by atoms with Gasteiger partial charge in [0.15, 0.2) is 5.82 Å². The molecule has 0 fully saturated rings. The van der Waals surface area contributed by atoms with Crippen LogP contribution in [0.15, 0.2) is 41.1 Å². The number of aromatic nitrogens is 4. The van der Waals surface area contributed by atoms with Crippen LogP contribution in [0.3, 0.4) is 0 Å². The number of hydrogen-bond donors (Lipinski definition) is 1. The molecule has 0 atom stereocenters. The molecule has 0 bridgehead atoms. The SMILES string of the molecule is CCCc1noc(CN(C)C(=O)Nc2c(-c3ccccc3)cnn2C)n1. The molecular formula is C18H22N6O2. The molecule has 8 heteroatoms. The zero-order valence-electron chi connectivity index (χ0n) is 15.1. The van der Waals surface area contributed by atoms with Crippen molar-refractivity contribution in [2.24, 2.45) is 7.05 Å². The number of carbonyl (C=O) groups excluding carboxylic acids is 1. The second-order valence-electron chi connectivity index (χ2n) is 6.04. The van der Waals surface area contributed by atoms with E-state index in [1.165, 1.54) is 4.90 Å². The van der Waals surface area contributed by atoms with Crippen LogP contribution in [-0.2, 0) is 20.0 Å². The van der Waals surface area contributed by atoms with Gasteiger partial charge in [0.05, 0.1) is 6.20 Å². The van der Waals surface area contributed by atoms with Crippen LogP contribution < -0.4 is 5.32 Å². The van der Waals surface area contributed by atoms with Crippen molar-refractivity contribution in [2.45, 2.75) is 26.3 Å². The summed E-state index contributed by atoms with van der Waals surface area (Å²) in [4.78, 5) is 18.3. The summed E-state index contributed by atoms with van der Waals surface area (Å²) in [6.07, 6.45) is 3.44. The topological polar surface area (TPSA) is 89.1 Å². The molecule has 3 aromatic rings. The van der Waals surface area contributed by atoms with Crippen molar-refractivity contribution in [3.63, 3.8) is 0 Å². The maximum atomic E-state index is 12.6. The fourth-order valence-electron chi connectivity index (χ4n) is 2.57. The Balaban J connectivity index is 1.70. The van der Waals surface area contributed by atoms with Crippen LogP contribution in [0.4, 0.5) is 10.6 Å². The van der Waals surface area contributed by atoms with E-state index in [2.05, 4.69) is 20.6 Å². The minimum absolute atomic E-state index is 0.237. The molecule has 0 aliphatic rings. The van der Waals surface area contributed by atoms with Crippen molar-refractivity contribution < 1.29 is 9.32 Å². The van der Waals surface area contributed by atoms with E-state index in [0.29, 0.717) is 17.5 Å².